The van der Waals surface area contributed by atoms with Gasteiger partial charge in [0.05, 0.1) is 47.1 Å². The molecular weight excluding hydrogens is 338 g/mol. The molecule has 1 atom stereocenters. The summed E-state index contributed by atoms with van der Waals surface area (Å²) in [4.78, 5) is 21.2. The van der Waals surface area contributed by atoms with Gasteiger partial charge < -0.3 is 23.8 Å². The number of rotatable bonds is 4. The molecule has 1 unspecified atom stereocenters. The van der Waals surface area contributed by atoms with Gasteiger partial charge in [-0.3, -0.25) is 9.69 Å². The molecule has 1 aromatic heterocycles. The maximum atomic E-state index is 12.8. The highest BCUT2D eigenvalue weighted by molar-refractivity contribution is 5.97. The van der Waals surface area contributed by atoms with Crippen LogP contribution >= 0.6 is 0 Å². The quantitative estimate of drug-likeness (QED) is 0.767. The number of aromatic nitrogens is 1. The molecule has 4 heterocycles. The molecule has 1 amide bonds. The van der Waals surface area contributed by atoms with E-state index in [4.69, 9.17) is 18.9 Å². The fourth-order valence-electron chi connectivity index (χ4n) is 4.04. The lowest BCUT2D eigenvalue weighted by Gasteiger charge is -2.47. The minimum Gasteiger partial charge on any atom is -0.481 e. The number of likely N-dealkylation sites (tertiary alicyclic amines) is 1. The third-order valence-corrected chi connectivity index (χ3v) is 5.46. The van der Waals surface area contributed by atoms with Gasteiger partial charge in [0.15, 0.2) is 0 Å². The summed E-state index contributed by atoms with van der Waals surface area (Å²) in [7, 11) is 3.04. The van der Waals surface area contributed by atoms with E-state index in [0.29, 0.717) is 30.6 Å². The topological polar surface area (TPSA) is 73.4 Å². The first-order valence-corrected chi connectivity index (χ1v) is 8.98. The van der Waals surface area contributed by atoms with Crippen LogP contribution in [0.3, 0.4) is 0 Å². The van der Waals surface area contributed by atoms with E-state index >= 15 is 0 Å². The molecule has 0 saturated carbocycles. The molecule has 3 saturated heterocycles. The van der Waals surface area contributed by atoms with Crippen molar-refractivity contribution in [2.75, 3.05) is 60.2 Å². The van der Waals surface area contributed by atoms with Gasteiger partial charge in [-0.25, -0.2) is 0 Å². The molecule has 3 fully saturated rings. The highest BCUT2D eigenvalue weighted by atomic mass is 16.5. The Bertz CT molecular complexity index is 671. The van der Waals surface area contributed by atoms with Crippen LogP contribution in [0.4, 0.5) is 0 Å². The molecule has 3 aliphatic rings. The maximum Gasteiger partial charge on any atom is 0.259 e. The Hall–Kier alpha value is -1.90. The number of amides is 1. The zero-order valence-electron chi connectivity index (χ0n) is 15.3. The van der Waals surface area contributed by atoms with E-state index < -0.39 is 0 Å². The van der Waals surface area contributed by atoms with Crippen LogP contribution in [0.2, 0.25) is 0 Å². The molecule has 8 heteroatoms. The smallest absolute Gasteiger partial charge is 0.259 e. The summed E-state index contributed by atoms with van der Waals surface area (Å²) in [5, 5.41) is 0. The van der Waals surface area contributed by atoms with Crippen molar-refractivity contribution >= 4 is 5.91 Å². The zero-order valence-corrected chi connectivity index (χ0v) is 15.3. The predicted octanol–water partition coefficient (Wildman–Crippen LogP) is 0.415. The standard InChI is InChI=1S/C18H25N3O5/c1-23-15-4-3-14(16(19-15)24-2)17(22)21-11-18(12-21)9-13(10-26-18)20-5-7-25-8-6-20/h3-4,13H,5-12H2,1-2H3. The van der Waals surface area contributed by atoms with Crippen LogP contribution in [-0.4, -0.2) is 92.6 Å². The number of hydrogen-bond acceptors (Lipinski definition) is 7. The van der Waals surface area contributed by atoms with Gasteiger partial charge in [-0.2, -0.15) is 4.98 Å². The number of nitrogens with zero attached hydrogens (tertiary/aromatic N) is 3. The van der Waals surface area contributed by atoms with E-state index in [-0.39, 0.29) is 17.4 Å². The Morgan fingerprint density at radius 1 is 1.23 bits per heavy atom. The van der Waals surface area contributed by atoms with Crippen molar-refractivity contribution in [3.63, 3.8) is 0 Å². The monoisotopic (exact) mass is 363 g/mol. The van der Waals surface area contributed by atoms with Crippen molar-refractivity contribution in [2.24, 2.45) is 0 Å². The summed E-state index contributed by atoms with van der Waals surface area (Å²) in [6.45, 7) is 5.46. The van der Waals surface area contributed by atoms with E-state index in [0.717, 1.165) is 39.3 Å². The molecule has 3 aliphatic heterocycles. The Labute approximate surface area is 153 Å². The van der Waals surface area contributed by atoms with Crippen LogP contribution in [0.25, 0.3) is 0 Å². The Morgan fingerprint density at radius 2 is 2.00 bits per heavy atom. The minimum absolute atomic E-state index is 0.0824. The molecule has 0 N–H and O–H groups in total. The van der Waals surface area contributed by atoms with Crippen LogP contribution in [0.15, 0.2) is 12.1 Å². The van der Waals surface area contributed by atoms with Gasteiger partial charge in [-0.1, -0.05) is 0 Å². The van der Waals surface area contributed by atoms with Crippen molar-refractivity contribution in [3.05, 3.63) is 17.7 Å². The fraction of sp³-hybridized carbons (Fsp3) is 0.667. The van der Waals surface area contributed by atoms with Gasteiger partial charge in [-0.15, -0.1) is 0 Å². The second-order valence-electron chi connectivity index (χ2n) is 7.07. The van der Waals surface area contributed by atoms with E-state index in [1.807, 2.05) is 0 Å². The summed E-state index contributed by atoms with van der Waals surface area (Å²) < 4.78 is 21.9. The second kappa shape index (κ2) is 7.02. The van der Waals surface area contributed by atoms with Crippen molar-refractivity contribution < 1.29 is 23.7 Å². The summed E-state index contributed by atoms with van der Waals surface area (Å²) in [6, 6.07) is 3.80. The second-order valence-corrected chi connectivity index (χ2v) is 7.07. The molecule has 1 aromatic rings. The number of methoxy groups -OCH3 is 2. The highest BCUT2D eigenvalue weighted by Crippen LogP contribution is 2.38. The molecule has 8 nitrogen and oxygen atoms in total. The van der Waals surface area contributed by atoms with Crippen LogP contribution in [0.1, 0.15) is 16.8 Å². The van der Waals surface area contributed by atoms with E-state index in [9.17, 15) is 4.79 Å². The van der Waals surface area contributed by atoms with E-state index in [1.165, 1.54) is 14.2 Å². The number of carbonyl (C=O) groups is 1. The van der Waals surface area contributed by atoms with Gasteiger partial charge in [-0.05, 0) is 12.5 Å². The first-order valence-electron chi connectivity index (χ1n) is 8.98. The minimum atomic E-state index is -0.203. The van der Waals surface area contributed by atoms with Gasteiger partial charge >= 0.3 is 0 Å². The number of ether oxygens (including phenoxy) is 4. The first-order chi connectivity index (χ1) is 12.6. The number of hydrogen-bond donors (Lipinski definition) is 0. The molecule has 0 radical (unpaired) electrons. The normalized spacial score (nSPS) is 25.2. The third-order valence-electron chi connectivity index (χ3n) is 5.46. The molecule has 0 bridgehead atoms. The van der Waals surface area contributed by atoms with Gasteiger partial charge in [0.1, 0.15) is 11.2 Å². The molecule has 1 spiro atoms. The summed E-state index contributed by atoms with van der Waals surface area (Å²) >= 11 is 0. The van der Waals surface area contributed by atoms with Gasteiger partial charge in [0, 0.05) is 25.2 Å². The van der Waals surface area contributed by atoms with Crippen molar-refractivity contribution in [2.45, 2.75) is 18.1 Å². The Kier molecular flexibility index (Phi) is 4.73. The number of pyridine rings is 1. The average Bonchev–Trinajstić information content (AvgIpc) is 3.12. The van der Waals surface area contributed by atoms with Crippen molar-refractivity contribution in [1.82, 2.24) is 14.8 Å². The van der Waals surface area contributed by atoms with Crippen LogP contribution in [0, 0.1) is 0 Å². The SMILES string of the molecule is COc1ccc(C(=O)N2CC3(CC(N4CCOCC4)CO3)C2)c(OC)n1. The lowest BCUT2D eigenvalue weighted by atomic mass is 9.88. The van der Waals surface area contributed by atoms with Crippen LogP contribution < -0.4 is 9.47 Å². The Morgan fingerprint density at radius 3 is 2.69 bits per heavy atom. The molecule has 0 aromatic carbocycles. The van der Waals surface area contributed by atoms with Crippen molar-refractivity contribution in [3.8, 4) is 11.8 Å². The zero-order chi connectivity index (χ0) is 18.1. The highest BCUT2D eigenvalue weighted by Gasteiger charge is 2.52. The largest absolute Gasteiger partial charge is 0.481 e. The Balaban J connectivity index is 1.38. The van der Waals surface area contributed by atoms with Gasteiger partial charge in [0.2, 0.25) is 11.8 Å². The van der Waals surface area contributed by atoms with Gasteiger partial charge in [0.25, 0.3) is 5.91 Å². The average molecular weight is 363 g/mol. The number of morpholine rings is 1. The lowest BCUT2D eigenvalue weighted by molar-refractivity contribution is -0.0952. The van der Waals surface area contributed by atoms with Crippen LogP contribution in [-0.2, 0) is 9.47 Å². The van der Waals surface area contributed by atoms with Crippen LogP contribution in [0.5, 0.6) is 11.8 Å². The van der Waals surface area contributed by atoms with E-state index in [2.05, 4.69) is 9.88 Å². The number of carbonyl (C=O) groups excluding carboxylic acids is 1. The molecule has 0 aliphatic carbocycles. The predicted molar refractivity (Wildman–Crippen MR) is 92.7 cm³/mol. The maximum absolute atomic E-state index is 12.8. The summed E-state index contributed by atoms with van der Waals surface area (Å²) in [5.41, 5.74) is 0.247. The molecular formula is C18H25N3O5. The first kappa shape index (κ1) is 17.5. The summed E-state index contributed by atoms with van der Waals surface area (Å²) in [5.74, 6) is 0.626. The fourth-order valence-corrected chi connectivity index (χ4v) is 4.04. The lowest BCUT2D eigenvalue weighted by Crippen LogP contribution is -2.63. The molecule has 4 rings (SSSR count). The summed E-state index contributed by atoms with van der Waals surface area (Å²) in [6.07, 6.45) is 0.967. The van der Waals surface area contributed by atoms with Crippen molar-refractivity contribution in [1.29, 1.82) is 0 Å². The molecule has 26 heavy (non-hydrogen) atoms. The molecule has 142 valence electrons. The van der Waals surface area contributed by atoms with E-state index in [1.54, 1.807) is 17.0 Å². The third kappa shape index (κ3) is 3.13.